The summed E-state index contributed by atoms with van der Waals surface area (Å²) in [5.74, 6) is 1.57. The van der Waals surface area contributed by atoms with Crippen molar-refractivity contribution in [2.45, 2.75) is 45.7 Å². The zero-order valence-corrected chi connectivity index (χ0v) is 12.9. The van der Waals surface area contributed by atoms with Crippen molar-refractivity contribution >= 4 is 5.95 Å². The molecule has 5 nitrogen and oxygen atoms in total. The molecule has 2 unspecified atom stereocenters. The summed E-state index contributed by atoms with van der Waals surface area (Å²) in [6.45, 7) is 7.35. The summed E-state index contributed by atoms with van der Waals surface area (Å²) in [6, 6.07) is 6.82. The molecule has 1 aromatic heterocycles. The van der Waals surface area contributed by atoms with Gasteiger partial charge in [-0.15, -0.1) is 5.10 Å². The van der Waals surface area contributed by atoms with E-state index in [1.54, 1.807) is 0 Å². The van der Waals surface area contributed by atoms with E-state index < -0.39 is 0 Å². The van der Waals surface area contributed by atoms with Gasteiger partial charge in [0.2, 0.25) is 5.95 Å². The van der Waals surface area contributed by atoms with Crippen LogP contribution in [-0.4, -0.2) is 33.8 Å². The Hall–Kier alpha value is -1.88. The Morgan fingerprint density at radius 3 is 2.86 bits per heavy atom. The molecule has 0 amide bonds. The van der Waals surface area contributed by atoms with Crippen LogP contribution in [0.4, 0.5) is 5.95 Å². The highest BCUT2D eigenvalue weighted by Crippen LogP contribution is 2.24. The Bertz CT molecular complexity index is 633. The fourth-order valence-corrected chi connectivity index (χ4v) is 2.85. The molecule has 112 valence electrons. The lowest BCUT2D eigenvalue weighted by molar-refractivity contribution is 0.416. The van der Waals surface area contributed by atoms with Gasteiger partial charge in [-0.3, -0.25) is 5.10 Å². The number of nitrogens with two attached hydrogens (primary N) is 1. The van der Waals surface area contributed by atoms with Crippen LogP contribution >= 0.6 is 0 Å². The van der Waals surface area contributed by atoms with Crippen LogP contribution in [0.25, 0.3) is 11.4 Å². The third kappa shape index (κ3) is 2.65. The van der Waals surface area contributed by atoms with Gasteiger partial charge in [0.25, 0.3) is 0 Å². The lowest BCUT2D eigenvalue weighted by Crippen LogP contribution is -2.50. The number of piperidine rings is 1. The van der Waals surface area contributed by atoms with Gasteiger partial charge in [0.05, 0.1) is 0 Å². The maximum Gasteiger partial charge on any atom is 0.245 e. The van der Waals surface area contributed by atoms with Crippen LogP contribution < -0.4 is 10.6 Å². The van der Waals surface area contributed by atoms with Crippen molar-refractivity contribution < 1.29 is 0 Å². The third-order valence-electron chi connectivity index (χ3n) is 4.56. The molecule has 2 heterocycles. The molecule has 1 aliphatic heterocycles. The first-order valence-electron chi connectivity index (χ1n) is 7.58. The van der Waals surface area contributed by atoms with Gasteiger partial charge < -0.3 is 10.6 Å². The van der Waals surface area contributed by atoms with Crippen molar-refractivity contribution in [2.75, 3.05) is 11.4 Å². The summed E-state index contributed by atoms with van der Waals surface area (Å²) in [7, 11) is 0. The number of aromatic amines is 1. The van der Waals surface area contributed by atoms with Gasteiger partial charge >= 0.3 is 0 Å². The molecule has 1 saturated heterocycles. The highest BCUT2D eigenvalue weighted by atomic mass is 15.4. The second kappa shape index (κ2) is 5.48. The number of rotatable bonds is 2. The second-order valence-electron chi connectivity index (χ2n) is 6.02. The van der Waals surface area contributed by atoms with E-state index in [-0.39, 0.29) is 12.1 Å². The minimum atomic E-state index is 0.197. The van der Waals surface area contributed by atoms with Crippen LogP contribution in [0.3, 0.4) is 0 Å². The van der Waals surface area contributed by atoms with Gasteiger partial charge in [0.1, 0.15) is 0 Å². The summed E-state index contributed by atoms with van der Waals surface area (Å²) in [5, 5.41) is 7.45. The minimum absolute atomic E-state index is 0.197. The van der Waals surface area contributed by atoms with E-state index in [1.807, 2.05) is 0 Å². The molecule has 0 radical (unpaired) electrons. The van der Waals surface area contributed by atoms with Crippen LogP contribution in [-0.2, 0) is 0 Å². The van der Waals surface area contributed by atoms with Crippen LogP contribution in [0.1, 0.15) is 30.9 Å². The van der Waals surface area contributed by atoms with E-state index >= 15 is 0 Å². The number of anilines is 1. The third-order valence-corrected chi connectivity index (χ3v) is 4.56. The SMILES string of the molecule is Cc1ccc(-c2nc(N3CCCC(N)C3C)n[nH]2)cc1C. The van der Waals surface area contributed by atoms with E-state index in [1.165, 1.54) is 11.1 Å². The number of benzene rings is 1. The number of hydrogen-bond acceptors (Lipinski definition) is 4. The zero-order chi connectivity index (χ0) is 15.0. The Morgan fingerprint density at radius 2 is 2.10 bits per heavy atom. The van der Waals surface area contributed by atoms with E-state index in [0.29, 0.717) is 0 Å². The van der Waals surface area contributed by atoms with Crippen molar-refractivity contribution in [3.05, 3.63) is 29.3 Å². The summed E-state index contributed by atoms with van der Waals surface area (Å²) < 4.78 is 0. The minimum Gasteiger partial charge on any atom is -0.335 e. The molecule has 0 bridgehead atoms. The van der Waals surface area contributed by atoms with Gasteiger partial charge in [-0.25, -0.2) is 0 Å². The lowest BCUT2D eigenvalue weighted by atomic mass is 9.99. The molecule has 2 aromatic rings. The van der Waals surface area contributed by atoms with Crippen molar-refractivity contribution in [3.8, 4) is 11.4 Å². The molecule has 3 N–H and O–H groups in total. The van der Waals surface area contributed by atoms with Gasteiger partial charge in [-0.2, -0.15) is 4.98 Å². The second-order valence-corrected chi connectivity index (χ2v) is 6.02. The lowest BCUT2D eigenvalue weighted by Gasteiger charge is -2.36. The van der Waals surface area contributed by atoms with E-state index in [0.717, 1.165) is 36.7 Å². The Labute approximate surface area is 125 Å². The average molecular weight is 285 g/mol. The van der Waals surface area contributed by atoms with Crippen LogP contribution in [0.15, 0.2) is 18.2 Å². The molecular formula is C16H23N5. The van der Waals surface area contributed by atoms with Gasteiger partial charge in [0, 0.05) is 24.2 Å². The molecule has 0 saturated carbocycles. The average Bonchev–Trinajstić information content (AvgIpc) is 2.94. The quantitative estimate of drug-likeness (QED) is 0.889. The topological polar surface area (TPSA) is 70.8 Å². The highest BCUT2D eigenvalue weighted by molar-refractivity contribution is 5.58. The molecule has 1 aliphatic rings. The van der Waals surface area contributed by atoms with Gasteiger partial charge in [-0.1, -0.05) is 12.1 Å². The smallest absolute Gasteiger partial charge is 0.245 e. The molecule has 1 fully saturated rings. The number of hydrogen-bond donors (Lipinski definition) is 2. The summed E-state index contributed by atoms with van der Waals surface area (Å²) >= 11 is 0. The normalized spacial score (nSPS) is 22.6. The zero-order valence-electron chi connectivity index (χ0n) is 12.9. The van der Waals surface area contributed by atoms with Crippen molar-refractivity contribution in [3.63, 3.8) is 0 Å². The Morgan fingerprint density at radius 1 is 1.29 bits per heavy atom. The van der Waals surface area contributed by atoms with Crippen molar-refractivity contribution in [1.29, 1.82) is 0 Å². The van der Waals surface area contributed by atoms with E-state index in [4.69, 9.17) is 5.73 Å². The maximum atomic E-state index is 6.15. The predicted octanol–water partition coefficient (Wildman–Crippen LogP) is 2.40. The highest BCUT2D eigenvalue weighted by Gasteiger charge is 2.27. The fourth-order valence-electron chi connectivity index (χ4n) is 2.85. The predicted molar refractivity (Wildman–Crippen MR) is 85.3 cm³/mol. The Balaban J connectivity index is 1.87. The van der Waals surface area contributed by atoms with Crippen LogP contribution in [0, 0.1) is 13.8 Å². The summed E-state index contributed by atoms with van der Waals surface area (Å²) in [4.78, 5) is 6.87. The monoisotopic (exact) mass is 285 g/mol. The van der Waals surface area contributed by atoms with Crippen molar-refractivity contribution in [2.24, 2.45) is 5.73 Å². The number of nitrogens with one attached hydrogen (secondary N) is 1. The molecule has 1 aromatic carbocycles. The molecule has 21 heavy (non-hydrogen) atoms. The van der Waals surface area contributed by atoms with E-state index in [2.05, 4.69) is 59.1 Å². The Kier molecular flexibility index (Phi) is 3.68. The summed E-state index contributed by atoms with van der Waals surface area (Å²) in [5.41, 5.74) is 9.78. The van der Waals surface area contributed by atoms with Crippen LogP contribution in [0.5, 0.6) is 0 Å². The number of aryl methyl sites for hydroxylation is 2. The van der Waals surface area contributed by atoms with Crippen molar-refractivity contribution in [1.82, 2.24) is 15.2 Å². The first-order chi connectivity index (χ1) is 10.1. The molecule has 5 heteroatoms. The largest absolute Gasteiger partial charge is 0.335 e. The first kappa shape index (κ1) is 14.1. The molecule has 0 spiro atoms. The number of nitrogens with zero attached hydrogens (tertiary/aromatic N) is 3. The first-order valence-corrected chi connectivity index (χ1v) is 7.58. The number of aromatic nitrogens is 3. The molecule has 3 rings (SSSR count). The standard InChI is InChI=1S/C16H23N5/c1-10-6-7-13(9-11(10)2)15-18-16(20-19-15)21-8-4-5-14(17)12(21)3/h6-7,9,12,14H,4-5,8,17H2,1-3H3,(H,18,19,20). The number of H-pyrrole nitrogens is 1. The fraction of sp³-hybridized carbons (Fsp3) is 0.500. The summed E-state index contributed by atoms with van der Waals surface area (Å²) in [6.07, 6.45) is 2.17. The molecule has 2 atom stereocenters. The molecular weight excluding hydrogens is 262 g/mol. The van der Waals surface area contributed by atoms with Crippen LogP contribution in [0.2, 0.25) is 0 Å². The van der Waals surface area contributed by atoms with Gasteiger partial charge in [-0.05, 0) is 50.8 Å². The maximum absolute atomic E-state index is 6.15. The molecule has 0 aliphatic carbocycles. The van der Waals surface area contributed by atoms with Gasteiger partial charge in [0.15, 0.2) is 5.82 Å². The van der Waals surface area contributed by atoms with E-state index in [9.17, 15) is 0 Å².